The molecule has 2 nitrogen and oxygen atoms in total. The van der Waals surface area contributed by atoms with Crippen LogP contribution in [0.5, 0.6) is 0 Å². The van der Waals surface area contributed by atoms with Gasteiger partial charge in [0.2, 0.25) is 0 Å². The minimum Gasteiger partial charge on any atom is -0.458 e. The number of aryl methyl sites for hydroxylation is 1. The molecule has 15 heavy (non-hydrogen) atoms. The fourth-order valence-electron chi connectivity index (χ4n) is 1.72. The second kappa shape index (κ2) is 3.66. The van der Waals surface area contributed by atoms with Crippen molar-refractivity contribution in [2.45, 2.75) is 26.4 Å². The maximum absolute atomic E-state index is 13.0. The lowest BCUT2D eigenvalue weighted by atomic mass is 10.1. The maximum atomic E-state index is 13.0. The molecule has 80 valence electrons. The molecule has 0 radical (unpaired) electrons. The Morgan fingerprint density at radius 2 is 2.20 bits per heavy atom. The Balaban J connectivity index is 2.64. The van der Waals surface area contributed by atoms with Crippen LogP contribution >= 0.6 is 0 Å². The van der Waals surface area contributed by atoms with Crippen LogP contribution in [0.3, 0.4) is 0 Å². The molecule has 1 unspecified atom stereocenters. The van der Waals surface area contributed by atoms with Gasteiger partial charge < -0.3 is 9.52 Å². The predicted molar refractivity (Wildman–Crippen MR) is 56.2 cm³/mol. The number of benzene rings is 1. The summed E-state index contributed by atoms with van der Waals surface area (Å²) in [5, 5.41) is 10.4. The Morgan fingerprint density at radius 3 is 2.87 bits per heavy atom. The molecular formula is C12H13FO2. The highest BCUT2D eigenvalue weighted by atomic mass is 19.1. The third-order valence-electron chi connectivity index (χ3n) is 2.62. The van der Waals surface area contributed by atoms with Crippen LogP contribution in [0.1, 0.15) is 30.8 Å². The average molecular weight is 208 g/mol. The van der Waals surface area contributed by atoms with E-state index in [1.54, 1.807) is 6.07 Å². The number of hydrogen-bond acceptors (Lipinski definition) is 2. The largest absolute Gasteiger partial charge is 0.458 e. The summed E-state index contributed by atoms with van der Waals surface area (Å²) in [6.45, 7) is 3.71. The molecule has 0 aliphatic heterocycles. The number of hydrogen-bond donors (Lipinski definition) is 1. The van der Waals surface area contributed by atoms with Crippen LogP contribution in [-0.2, 0) is 0 Å². The molecule has 3 heteroatoms. The van der Waals surface area contributed by atoms with Crippen LogP contribution in [0.2, 0.25) is 0 Å². The van der Waals surface area contributed by atoms with Gasteiger partial charge in [-0.2, -0.15) is 0 Å². The second-order valence-electron chi connectivity index (χ2n) is 3.66. The number of aliphatic hydroxyl groups is 1. The molecule has 1 heterocycles. The average Bonchev–Trinajstić information content (AvgIpc) is 2.55. The van der Waals surface area contributed by atoms with Gasteiger partial charge in [-0.3, -0.25) is 0 Å². The molecule has 1 N–H and O–H groups in total. The van der Waals surface area contributed by atoms with Crippen LogP contribution in [-0.4, -0.2) is 5.11 Å². The van der Waals surface area contributed by atoms with Crippen molar-refractivity contribution >= 4 is 11.0 Å². The van der Waals surface area contributed by atoms with E-state index in [0.717, 1.165) is 10.9 Å². The summed E-state index contributed by atoms with van der Waals surface area (Å²) in [5.74, 6) is 0.252. The van der Waals surface area contributed by atoms with Crippen LogP contribution in [0, 0.1) is 12.7 Å². The van der Waals surface area contributed by atoms with Gasteiger partial charge in [0, 0.05) is 10.9 Å². The van der Waals surface area contributed by atoms with Crippen molar-refractivity contribution in [1.29, 1.82) is 0 Å². The highest BCUT2D eigenvalue weighted by Crippen LogP contribution is 2.30. The molecular weight excluding hydrogens is 195 g/mol. The van der Waals surface area contributed by atoms with Crippen LogP contribution in [0.15, 0.2) is 22.6 Å². The summed E-state index contributed by atoms with van der Waals surface area (Å²) >= 11 is 0. The molecule has 0 bridgehead atoms. The Hall–Kier alpha value is -1.35. The summed E-state index contributed by atoms with van der Waals surface area (Å²) in [5.41, 5.74) is 1.44. The summed E-state index contributed by atoms with van der Waals surface area (Å²) in [7, 11) is 0. The zero-order valence-corrected chi connectivity index (χ0v) is 8.75. The van der Waals surface area contributed by atoms with Crippen molar-refractivity contribution in [2.24, 2.45) is 0 Å². The molecule has 0 fully saturated rings. The number of rotatable bonds is 2. The summed E-state index contributed by atoms with van der Waals surface area (Å²) in [4.78, 5) is 0. The number of halogens is 1. The van der Waals surface area contributed by atoms with Crippen molar-refractivity contribution in [3.8, 4) is 0 Å². The first-order chi connectivity index (χ1) is 7.13. The molecule has 0 spiro atoms. The lowest BCUT2D eigenvalue weighted by Crippen LogP contribution is -1.94. The first-order valence-corrected chi connectivity index (χ1v) is 5.00. The Bertz CT molecular complexity index is 488. The van der Waals surface area contributed by atoms with Gasteiger partial charge in [0.15, 0.2) is 0 Å². The van der Waals surface area contributed by atoms with Gasteiger partial charge >= 0.3 is 0 Å². The summed E-state index contributed by atoms with van der Waals surface area (Å²) in [6.07, 6.45) is -0.0242. The van der Waals surface area contributed by atoms with Crippen molar-refractivity contribution in [2.75, 3.05) is 0 Å². The van der Waals surface area contributed by atoms with E-state index in [1.807, 2.05) is 13.8 Å². The maximum Gasteiger partial charge on any atom is 0.136 e. The molecule has 0 saturated carbocycles. The zero-order valence-electron chi connectivity index (χ0n) is 8.75. The van der Waals surface area contributed by atoms with E-state index in [-0.39, 0.29) is 5.82 Å². The van der Waals surface area contributed by atoms with E-state index in [0.29, 0.717) is 17.8 Å². The minimum atomic E-state index is -0.611. The third-order valence-corrected chi connectivity index (χ3v) is 2.62. The Morgan fingerprint density at radius 1 is 1.47 bits per heavy atom. The lowest BCUT2D eigenvalue weighted by Gasteiger charge is -2.03. The van der Waals surface area contributed by atoms with Crippen molar-refractivity contribution in [1.82, 2.24) is 0 Å². The SMILES string of the molecule is CCC(O)c1oc2ccc(F)cc2c1C. The Kier molecular flexibility index (Phi) is 2.49. The van der Waals surface area contributed by atoms with E-state index >= 15 is 0 Å². The van der Waals surface area contributed by atoms with Crippen LogP contribution in [0.25, 0.3) is 11.0 Å². The molecule has 2 rings (SSSR count). The third kappa shape index (κ3) is 1.63. The first kappa shape index (κ1) is 10.2. The van der Waals surface area contributed by atoms with E-state index in [1.165, 1.54) is 12.1 Å². The molecule has 0 aliphatic rings. The smallest absolute Gasteiger partial charge is 0.136 e. The fourth-order valence-corrected chi connectivity index (χ4v) is 1.72. The molecule has 0 saturated heterocycles. The minimum absolute atomic E-state index is 0.288. The first-order valence-electron chi connectivity index (χ1n) is 5.00. The van der Waals surface area contributed by atoms with Crippen LogP contribution < -0.4 is 0 Å². The van der Waals surface area contributed by atoms with Crippen molar-refractivity contribution in [3.05, 3.63) is 35.3 Å². The lowest BCUT2D eigenvalue weighted by molar-refractivity contribution is 0.147. The van der Waals surface area contributed by atoms with E-state index in [2.05, 4.69) is 0 Å². The quantitative estimate of drug-likeness (QED) is 0.821. The number of furan rings is 1. The zero-order chi connectivity index (χ0) is 11.0. The summed E-state index contributed by atoms with van der Waals surface area (Å²) < 4.78 is 18.5. The van der Waals surface area contributed by atoms with E-state index in [9.17, 15) is 9.50 Å². The topological polar surface area (TPSA) is 33.4 Å². The molecule has 1 aromatic carbocycles. The monoisotopic (exact) mass is 208 g/mol. The molecule has 1 atom stereocenters. The molecule has 1 aromatic heterocycles. The fraction of sp³-hybridized carbons (Fsp3) is 0.333. The second-order valence-corrected chi connectivity index (χ2v) is 3.66. The van der Waals surface area contributed by atoms with E-state index in [4.69, 9.17) is 4.42 Å². The van der Waals surface area contributed by atoms with Gasteiger partial charge in [0.25, 0.3) is 0 Å². The normalized spacial score (nSPS) is 13.3. The number of aliphatic hydroxyl groups excluding tert-OH is 1. The molecule has 0 amide bonds. The standard InChI is InChI=1S/C12H13FO2/c1-3-10(14)12-7(2)9-6-8(13)4-5-11(9)15-12/h4-6,10,14H,3H2,1-2H3. The highest BCUT2D eigenvalue weighted by Gasteiger charge is 2.16. The molecule has 0 aliphatic carbocycles. The van der Waals surface area contributed by atoms with Gasteiger partial charge in [-0.15, -0.1) is 0 Å². The summed E-state index contributed by atoms with van der Waals surface area (Å²) in [6, 6.07) is 4.37. The van der Waals surface area contributed by atoms with Crippen molar-refractivity contribution in [3.63, 3.8) is 0 Å². The molecule has 2 aromatic rings. The van der Waals surface area contributed by atoms with E-state index < -0.39 is 6.10 Å². The van der Waals surface area contributed by atoms with Gasteiger partial charge in [-0.25, -0.2) is 4.39 Å². The van der Waals surface area contributed by atoms with Gasteiger partial charge in [-0.05, 0) is 31.5 Å². The predicted octanol–water partition coefficient (Wildman–Crippen LogP) is 3.32. The van der Waals surface area contributed by atoms with Crippen LogP contribution in [0.4, 0.5) is 4.39 Å². The van der Waals surface area contributed by atoms with Crippen molar-refractivity contribution < 1.29 is 13.9 Å². The van der Waals surface area contributed by atoms with Gasteiger partial charge in [0.05, 0.1) is 0 Å². The van der Waals surface area contributed by atoms with Gasteiger partial charge in [-0.1, -0.05) is 6.92 Å². The Labute approximate surface area is 87.3 Å². The number of fused-ring (bicyclic) bond motifs is 1. The van der Waals surface area contributed by atoms with Gasteiger partial charge in [0.1, 0.15) is 23.3 Å². The highest BCUT2D eigenvalue weighted by molar-refractivity contribution is 5.82.